The molecule has 0 aliphatic rings. The first kappa shape index (κ1) is 14.7. The predicted molar refractivity (Wildman–Crippen MR) is 82.4 cm³/mol. The van der Waals surface area contributed by atoms with E-state index < -0.39 is 10.0 Å². The predicted octanol–water partition coefficient (Wildman–Crippen LogP) is 2.84. The van der Waals surface area contributed by atoms with Gasteiger partial charge in [0.15, 0.2) is 0 Å². The third-order valence-corrected chi connectivity index (χ3v) is 4.43. The van der Waals surface area contributed by atoms with Crippen LogP contribution in [0.3, 0.4) is 0 Å². The molecule has 0 radical (unpaired) electrons. The number of benzene rings is 2. The SMILES string of the molecule is COc1ccc(Br)cc1NS(=O)(=O)c1cccc(N)c1. The number of halogens is 1. The largest absolute Gasteiger partial charge is 0.495 e. The van der Waals surface area contributed by atoms with Crippen LogP contribution in [0.5, 0.6) is 5.75 Å². The van der Waals surface area contributed by atoms with Crippen LogP contribution in [0.2, 0.25) is 0 Å². The van der Waals surface area contributed by atoms with Gasteiger partial charge in [-0.25, -0.2) is 8.42 Å². The van der Waals surface area contributed by atoms with E-state index >= 15 is 0 Å². The molecule has 0 unspecified atom stereocenters. The highest BCUT2D eigenvalue weighted by atomic mass is 79.9. The zero-order valence-corrected chi connectivity index (χ0v) is 13.0. The van der Waals surface area contributed by atoms with E-state index in [4.69, 9.17) is 10.5 Å². The summed E-state index contributed by atoms with van der Waals surface area (Å²) in [4.78, 5) is 0.0968. The number of anilines is 2. The van der Waals surface area contributed by atoms with Crippen molar-refractivity contribution >= 4 is 37.3 Å². The van der Waals surface area contributed by atoms with Crippen LogP contribution in [0.25, 0.3) is 0 Å². The molecule has 106 valence electrons. The molecule has 5 nitrogen and oxygen atoms in total. The van der Waals surface area contributed by atoms with Crippen LogP contribution in [0.1, 0.15) is 0 Å². The summed E-state index contributed by atoms with van der Waals surface area (Å²) in [5, 5.41) is 0. The Morgan fingerprint density at radius 3 is 2.60 bits per heavy atom. The molecule has 20 heavy (non-hydrogen) atoms. The molecule has 0 aliphatic heterocycles. The Morgan fingerprint density at radius 2 is 1.95 bits per heavy atom. The molecule has 2 aromatic rings. The van der Waals surface area contributed by atoms with Crippen molar-refractivity contribution in [1.82, 2.24) is 0 Å². The molecule has 2 aromatic carbocycles. The highest BCUT2D eigenvalue weighted by molar-refractivity contribution is 9.10. The Hall–Kier alpha value is -1.73. The summed E-state index contributed by atoms with van der Waals surface area (Å²) in [5.41, 5.74) is 6.34. The minimum absolute atomic E-state index is 0.0968. The summed E-state index contributed by atoms with van der Waals surface area (Å²) in [6.45, 7) is 0. The highest BCUT2D eigenvalue weighted by Crippen LogP contribution is 2.30. The minimum Gasteiger partial charge on any atom is -0.495 e. The smallest absolute Gasteiger partial charge is 0.262 e. The second kappa shape index (κ2) is 5.72. The van der Waals surface area contributed by atoms with E-state index in [0.29, 0.717) is 17.1 Å². The van der Waals surface area contributed by atoms with E-state index in [1.54, 1.807) is 30.3 Å². The van der Waals surface area contributed by atoms with E-state index in [1.165, 1.54) is 19.2 Å². The van der Waals surface area contributed by atoms with Crippen LogP contribution in [-0.4, -0.2) is 15.5 Å². The number of nitrogens with one attached hydrogen (secondary N) is 1. The van der Waals surface area contributed by atoms with Crippen molar-refractivity contribution in [3.8, 4) is 5.75 Å². The fourth-order valence-corrected chi connectivity index (χ4v) is 3.12. The van der Waals surface area contributed by atoms with Crippen molar-refractivity contribution in [2.45, 2.75) is 4.90 Å². The molecule has 0 amide bonds. The third-order valence-electron chi connectivity index (χ3n) is 2.57. The standard InChI is InChI=1S/C13H13BrN2O3S/c1-19-13-6-5-9(14)7-12(13)16-20(17,18)11-4-2-3-10(15)8-11/h2-8,16H,15H2,1H3. The van der Waals surface area contributed by atoms with Crippen molar-refractivity contribution < 1.29 is 13.2 Å². The number of hydrogen-bond donors (Lipinski definition) is 2. The maximum absolute atomic E-state index is 12.3. The first-order valence-corrected chi connectivity index (χ1v) is 7.92. The summed E-state index contributed by atoms with van der Waals surface area (Å²) in [7, 11) is -2.24. The van der Waals surface area contributed by atoms with Gasteiger partial charge in [-0.15, -0.1) is 0 Å². The van der Waals surface area contributed by atoms with E-state index in [1.807, 2.05) is 0 Å². The summed E-state index contributed by atoms with van der Waals surface area (Å²) >= 11 is 3.29. The van der Waals surface area contributed by atoms with Crippen LogP contribution < -0.4 is 15.2 Å². The van der Waals surface area contributed by atoms with E-state index in [0.717, 1.165) is 4.47 Å². The molecule has 0 saturated heterocycles. The molecule has 0 fully saturated rings. The first-order chi connectivity index (χ1) is 9.42. The minimum atomic E-state index is -3.72. The lowest BCUT2D eigenvalue weighted by Crippen LogP contribution is -2.13. The van der Waals surface area contributed by atoms with Gasteiger partial charge in [0.25, 0.3) is 10.0 Å². The fraction of sp³-hybridized carbons (Fsp3) is 0.0769. The lowest BCUT2D eigenvalue weighted by molar-refractivity contribution is 0.417. The molecule has 0 spiro atoms. The molecule has 0 atom stereocenters. The Morgan fingerprint density at radius 1 is 1.20 bits per heavy atom. The van der Waals surface area contributed by atoms with Crippen LogP contribution in [-0.2, 0) is 10.0 Å². The zero-order chi connectivity index (χ0) is 14.8. The maximum Gasteiger partial charge on any atom is 0.262 e. The Labute approximate surface area is 125 Å². The summed E-state index contributed by atoms with van der Waals surface area (Å²) in [6.07, 6.45) is 0. The van der Waals surface area contributed by atoms with Crippen LogP contribution in [0.15, 0.2) is 51.8 Å². The van der Waals surface area contributed by atoms with Gasteiger partial charge in [-0.2, -0.15) is 0 Å². The number of rotatable bonds is 4. The van der Waals surface area contributed by atoms with Crippen LogP contribution >= 0.6 is 15.9 Å². The highest BCUT2D eigenvalue weighted by Gasteiger charge is 2.16. The zero-order valence-electron chi connectivity index (χ0n) is 10.6. The average molecular weight is 357 g/mol. The van der Waals surface area contributed by atoms with Crippen LogP contribution in [0.4, 0.5) is 11.4 Å². The fourth-order valence-electron chi connectivity index (χ4n) is 1.65. The number of ether oxygens (including phenoxy) is 1. The van der Waals surface area contributed by atoms with Gasteiger partial charge in [0.2, 0.25) is 0 Å². The molecule has 2 rings (SSSR count). The van der Waals surface area contributed by atoms with Crippen molar-refractivity contribution in [1.29, 1.82) is 0 Å². The normalized spacial score (nSPS) is 11.1. The molecule has 0 bridgehead atoms. The monoisotopic (exact) mass is 356 g/mol. The third kappa shape index (κ3) is 3.23. The Bertz CT molecular complexity index is 732. The molecular formula is C13H13BrN2O3S. The first-order valence-electron chi connectivity index (χ1n) is 5.64. The van der Waals surface area contributed by atoms with Gasteiger partial charge in [0, 0.05) is 10.2 Å². The number of nitrogen functional groups attached to an aromatic ring is 1. The molecule has 7 heteroatoms. The van der Waals surface area contributed by atoms with Crippen molar-refractivity contribution in [2.24, 2.45) is 0 Å². The second-order valence-electron chi connectivity index (χ2n) is 4.02. The molecule has 0 aliphatic carbocycles. The van der Waals surface area contributed by atoms with E-state index in [9.17, 15) is 8.42 Å². The molecule has 0 saturated carbocycles. The summed E-state index contributed by atoms with van der Waals surface area (Å²) in [5.74, 6) is 0.431. The van der Waals surface area contributed by atoms with Gasteiger partial charge in [0.05, 0.1) is 17.7 Å². The van der Waals surface area contributed by atoms with Crippen molar-refractivity contribution in [2.75, 3.05) is 17.6 Å². The molecule has 0 heterocycles. The number of sulfonamides is 1. The van der Waals surface area contributed by atoms with E-state index in [-0.39, 0.29) is 4.90 Å². The second-order valence-corrected chi connectivity index (χ2v) is 6.62. The number of methoxy groups -OCH3 is 1. The van der Waals surface area contributed by atoms with Gasteiger partial charge in [-0.3, -0.25) is 4.72 Å². The van der Waals surface area contributed by atoms with Gasteiger partial charge in [-0.05, 0) is 36.4 Å². The van der Waals surface area contributed by atoms with E-state index in [2.05, 4.69) is 20.7 Å². The molecule has 0 aromatic heterocycles. The van der Waals surface area contributed by atoms with Gasteiger partial charge < -0.3 is 10.5 Å². The summed E-state index contributed by atoms with van der Waals surface area (Å²) < 4.78 is 32.9. The number of nitrogens with two attached hydrogens (primary N) is 1. The lowest BCUT2D eigenvalue weighted by Gasteiger charge is -2.12. The van der Waals surface area contributed by atoms with Gasteiger partial charge in [0.1, 0.15) is 5.75 Å². The topological polar surface area (TPSA) is 81.4 Å². The van der Waals surface area contributed by atoms with Gasteiger partial charge in [-0.1, -0.05) is 22.0 Å². The van der Waals surface area contributed by atoms with Crippen molar-refractivity contribution in [3.63, 3.8) is 0 Å². The lowest BCUT2D eigenvalue weighted by atomic mass is 10.3. The molecular weight excluding hydrogens is 344 g/mol. The summed E-state index contributed by atoms with van der Waals surface area (Å²) in [6, 6.07) is 11.1. The number of hydrogen-bond acceptors (Lipinski definition) is 4. The maximum atomic E-state index is 12.3. The van der Waals surface area contributed by atoms with Gasteiger partial charge >= 0.3 is 0 Å². The Balaban J connectivity index is 2.40. The Kier molecular flexibility index (Phi) is 4.20. The van der Waals surface area contributed by atoms with Crippen LogP contribution in [0, 0.1) is 0 Å². The van der Waals surface area contributed by atoms with Crippen molar-refractivity contribution in [3.05, 3.63) is 46.9 Å². The average Bonchev–Trinajstić information content (AvgIpc) is 2.38. The molecule has 3 N–H and O–H groups in total. The quantitative estimate of drug-likeness (QED) is 0.825.